The molecule has 0 bridgehead atoms. The molecule has 0 aromatic carbocycles. The lowest BCUT2D eigenvalue weighted by atomic mass is 10.1. The SMILES string of the molecule is CC1CCN(Cc2ccncc2)C1=O. The largest absolute Gasteiger partial charge is 0.338 e. The van der Waals surface area contributed by atoms with Gasteiger partial charge >= 0.3 is 0 Å². The van der Waals surface area contributed by atoms with Gasteiger partial charge in [0.15, 0.2) is 0 Å². The van der Waals surface area contributed by atoms with Crippen LogP contribution in [0, 0.1) is 5.92 Å². The Balaban J connectivity index is 2.02. The van der Waals surface area contributed by atoms with Crippen LogP contribution in [0.5, 0.6) is 0 Å². The number of hydrogen-bond donors (Lipinski definition) is 0. The number of rotatable bonds is 2. The summed E-state index contributed by atoms with van der Waals surface area (Å²) in [7, 11) is 0. The van der Waals surface area contributed by atoms with E-state index in [1.165, 1.54) is 0 Å². The molecule has 2 rings (SSSR count). The van der Waals surface area contributed by atoms with E-state index in [0.29, 0.717) is 0 Å². The van der Waals surface area contributed by atoms with Crippen LogP contribution in [-0.2, 0) is 11.3 Å². The van der Waals surface area contributed by atoms with Crippen molar-refractivity contribution in [2.45, 2.75) is 19.9 Å². The predicted octanol–water partition coefficient (Wildman–Crippen LogP) is 1.45. The molecule has 0 N–H and O–H groups in total. The molecule has 3 nitrogen and oxygen atoms in total. The Morgan fingerprint density at radius 3 is 2.79 bits per heavy atom. The highest BCUT2D eigenvalue weighted by molar-refractivity contribution is 5.80. The maximum absolute atomic E-state index is 11.6. The Bertz CT molecular complexity index is 323. The molecular formula is C11H14N2O. The summed E-state index contributed by atoms with van der Waals surface area (Å²) in [6.07, 6.45) is 4.52. The van der Waals surface area contributed by atoms with E-state index in [1.54, 1.807) is 12.4 Å². The topological polar surface area (TPSA) is 33.2 Å². The molecule has 0 radical (unpaired) electrons. The van der Waals surface area contributed by atoms with E-state index in [1.807, 2.05) is 24.0 Å². The van der Waals surface area contributed by atoms with Gasteiger partial charge in [0.25, 0.3) is 0 Å². The molecular weight excluding hydrogens is 176 g/mol. The van der Waals surface area contributed by atoms with Gasteiger partial charge in [-0.25, -0.2) is 0 Å². The number of hydrogen-bond acceptors (Lipinski definition) is 2. The Morgan fingerprint density at radius 2 is 2.21 bits per heavy atom. The van der Waals surface area contributed by atoms with Gasteiger partial charge in [-0.2, -0.15) is 0 Å². The number of carbonyl (C=O) groups is 1. The van der Waals surface area contributed by atoms with Crippen molar-refractivity contribution in [1.82, 2.24) is 9.88 Å². The third-order valence-electron chi connectivity index (χ3n) is 2.69. The number of likely N-dealkylation sites (tertiary alicyclic amines) is 1. The fraction of sp³-hybridized carbons (Fsp3) is 0.455. The lowest BCUT2D eigenvalue weighted by Crippen LogP contribution is -2.26. The van der Waals surface area contributed by atoms with E-state index in [0.717, 1.165) is 25.1 Å². The van der Waals surface area contributed by atoms with Crippen LogP contribution in [0.3, 0.4) is 0 Å². The third kappa shape index (κ3) is 1.76. The molecule has 0 aliphatic carbocycles. The molecule has 1 fully saturated rings. The highest BCUT2D eigenvalue weighted by Crippen LogP contribution is 2.19. The molecule has 1 aliphatic heterocycles. The van der Waals surface area contributed by atoms with Gasteiger partial charge in [0.2, 0.25) is 5.91 Å². The second-order valence-corrected chi connectivity index (χ2v) is 3.80. The lowest BCUT2D eigenvalue weighted by molar-refractivity contribution is -0.131. The van der Waals surface area contributed by atoms with Gasteiger partial charge in [-0.05, 0) is 24.1 Å². The van der Waals surface area contributed by atoms with Crippen LogP contribution in [0.15, 0.2) is 24.5 Å². The summed E-state index contributed by atoms with van der Waals surface area (Å²) in [4.78, 5) is 17.5. The Hall–Kier alpha value is -1.38. The van der Waals surface area contributed by atoms with Crippen LogP contribution >= 0.6 is 0 Å². The van der Waals surface area contributed by atoms with Gasteiger partial charge in [-0.1, -0.05) is 6.92 Å². The molecule has 3 heteroatoms. The smallest absolute Gasteiger partial charge is 0.225 e. The summed E-state index contributed by atoms with van der Waals surface area (Å²) in [6, 6.07) is 3.91. The van der Waals surface area contributed by atoms with Crippen molar-refractivity contribution in [2.24, 2.45) is 5.92 Å². The van der Waals surface area contributed by atoms with Crippen molar-refractivity contribution in [3.05, 3.63) is 30.1 Å². The Kier molecular flexibility index (Phi) is 2.48. The fourth-order valence-corrected chi connectivity index (χ4v) is 1.76. The van der Waals surface area contributed by atoms with Crippen molar-refractivity contribution in [2.75, 3.05) is 6.54 Å². The lowest BCUT2D eigenvalue weighted by Gasteiger charge is -2.15. The van der Waals surface area contributed by atoms with Gasteiger partial charge in [0, 0.05) is 31.4 Å². The molecule has 2 heterocycles. The molecule has 1 aromatic rings. The van der Waals surface area contributed by atoms with Crippen LogP contribution in [0.4, 0.5) is 0 Å². The van der Waals surface area contributed by atoms with Gasteiger partial charge in [0.1, 0.15) is 0 Å². The molecule has 1 amide bonds. The number of pyridine rings is 1. The van der Waals surface area contributed by atoms with Gasteiger partial charge in [-0.3, -0.25) is 9.78 Å². The molecule has 1 saturated heterocycles. The fourth-order valence-electron chi connectivity index (χ4n) is 1.76. The summed E-state index contributed by atoms with van der Waals surface area (Å²) < 4.78 is 0. The zero-order chi connectivity index (χ0) is 9.97. The van der Waals surface area contributed by atoms with E-state index in [2.05, 4.69) is 4.98 Å². The van der Waals surface area contributed by atoms with Crippen molar-refractivity contribution in [1.29, 1.82) is 0 Å². The average Bonchev–Trinajstić information content (AvgIpc) is 2.52. The zero-order valence-corrected chi connectivity index (χ0v) is 8.31. The summed E-state index contributed by atoms with van der Waals surface area (Å²) in [6.45, 7) is 3.61. The average molecular weight is 190 g/mol. The monoisotopic (exact) mass is 190 g/mol. The highest BCUT2D eigenvalue weighted by Gasteiger charge is 2.27. The van der Waals surface area contributed by atoms with E-state index < -0.39 is 0 Å². The van der Waals surface area contributed by atoms with Crippen LogP contribution in [0.2, 0.25) is 0 Å². The second-order valence-electron chi connectivity index (χ2n) is 3.80. The molecule has 0 saturated carbocycles. The number of carbonyl (C=O) groups excluding carboxylic acids is 1. The molecule has 1 unspecified atom stereocenters. The van der Waals surface area contributed by atoms with Crippen LogP contribution in [0.1, 0.15) is 18.9 Å². The predicted molar refractivity (Wildman–Crippen MR) is 53.4 cm³/mol. The van der Waals surface area contributed by atoms with Crippen molar-refractivity contribution in [3.63, 3.8) is 0 Å². The normalized spacial score (nSPS) is 21.6. The van der Waals surface area contributed by atoms with E-state index in [4.69, 9.17) is 0 Å². The van der Waals surface area contributed by atoms with E-state index >= 15 is 0 Å². The Morgan fingerprint density at radius 1 is 1.50 bits per heavy atom. The number of amides is 1. The summed E-state index contributed by atoms with van der Waals surface area (Å²) in [5.41, 5.74) is 1.16. The first-order valence-electron chi connectivity index (χ1n) is 4.95. The standard InChI is InChI=1S/C11H14N2O/c1-9-4-7-13(11(9)14)8-10-2-5-12-6-3-10/h2-3,5-6,9H,4,7-8H2,1H3. The van der Waals surface area contributed by atoms with Crippen molar-refractivity contribution < 1.29 is 4.79 Å². The van der Waals surface area contributed by atoms with Gasteiger partial charge < -0.3 is 4.90 Å². The van der Waals surface area contributed by atoms with Crippen LogP contribution in [-0.4, -0.2) is 22.3 Å². The summed E-state index contributed by atoms with van der Waals surface area (Å²) in [5, 5.41) is 0. The third-order valence-corrected chi connectivity index (χ3v) is 2.69. The molecule has 1 aliphatic rings. The van der Waals surface area contributed by atoms with Crippen LogP contribution in [0.25, 0.3) is 0 Å². The van der Waals surface area contributed by atoms with E-state index in [-0.39, 0.29) is 11.8 Å². The first kappa shape index (κ1) is 9.19. The zero-order valence-electron chi connectivity index (χ0n) is 8.31. The molecule has 1 atom stereocenters. The summed E-state index contributed by atoms with van der Waals surface area (Å²) in [5.74, 6) is 0.485. The first-order valence-corrected chi connectivity index (χ1v) is 4.95. The molecule has 74 valence electrons. The first-order chi connectivity index (χ1) is 6.77. The van der Waals surface area contributed by atoms with Crippen molar-refractivity contribution in [3.8, 4) is 0 Å². The van der Waals surface area contributed by atoms with Crippen molar-refractivity contribution >= 4 is 5.91 Å². The summed E-state index contributed by atoms with van der Waals surface area (Å²) >= 11 is 0. The number of nitrogens with zero attached hydrogens (tertiary/aromatic N) is 2. The second kappa shape index (κ2) is 3.78. The van der Waals surface area contributed by atoms with Gasteiger partial charge in [0.05, 0.1) is 0 Å². The molecule has 1 aromatic heterocycles. The Labute approximate surface area is 83.8 Å². The maximum Gasteiger partial charge on any atom is 0.225 e. The maximum atomic E-state index is 11.6. The number of aromatic nitrogens is 1. The minimum Gasteiger partial charge on any atom is -0.338 e. The van der Waals surface area contributed by atoms with Gasteiger partial charge in [-0.15, -0.1) is 0 Å². The minimum atomic E-state index is 0.205. The van der Waals surface area contributed by atoms with Crippen LogP contribution < -0.4 is 0 Å². The van der Waals surface area contributed by atoms with E-state index in [9.17, 15) is 4.79 Å². The minimum absolute atomic E-state index is 0.205. The molecule has 0 spiro atoms. The highest BCUT2D eigenvalue weighted by atomic mass is 16.2. The quantitative estimate of drug-likeness (QED) is 0.707. The molecule has 14 heavy (non-hydrogen) atoms.